The molecule has 0 radical (unpaired) electrons. The molecule has 0 N–H and O–H groups in total. The van der Waals surface area contributed by atoms with E-state index >= 15 is 0 Å². The largest absolute Gasteiger partial charge is 0.496 e. The summed E-state index contributed by atoms with van der Waals surface area (Å²) in [4.78, 5) is 12.6. The van der Waals surface area contributed by atoms with Crippen LogP contribution in [0.5, 0.6) is 23.0 Å². The van der Waals surface area contributed by atoms with Gasteiger partial charge in [-0.15, -0.1) is 0 Å². The van der Waals surface area contributed by atoms with E-state index in [-0.39, 0.29) is 5.78 Å². The fourth-order valence-corrected chi connectivity index (χ4v) is 4.02. The maximum absolute atomic E-state index is 12.6. The van der Waals surface area contributed by atoms with Crippen molar-refractivity contribution >= 4 is 39.4 Å². The van der Waals surface area contributed by atoms with Gasteiger partial charge in [0.25, 0.3) is 0 Å². The van der Waals surface area contributed by atoms with Crippen molar-refractivity contribution in [1.29, 1.82) is 0 Å². The van der Waals surface area contributed by atoms with E-state index in [2.05, 4.69) is 15.9 Å². The van der Waals surface area contributed by atoms with Gasteiger partial charge in [0.1, 0.15) is 31.3 Å². The van der Waals surface area contributed by atoms with Crippen molar-refractivity contribution < 1.29 is 23.7 Å². The van der Waals surface area contributed by atoms with E-state index in [1.165, 1.54) is 6.08 Å². The molecule has 164 valence electrons. The Morgan fingerprint density at radius 3 is 2.59 bits per heavy atom. The molecule has 32 heavy (non-hydrogen) atoms. The summed E-state index contributed by atoms with van der Waals surface area (Å²) in [5.41, 5.74) is 2.24. The van der Waals surface area contributed by atoms with Crippen LogP contribution in [0, 0.1) is 0 Å². The van der Waals surface area contributed by atoms with Gasteiger partial charge in [-0.25, -0.2) is 0 Å². The maximum Gasteiger partial charge on any atom is 0.185 e. The van der Waals surface area contributed by atoms with Crippen molar-refractivity contribution in [2.24, 2.45) is 0 Å². The lowest BCUT2D eigenvalue weighted by atomic mass is 10.1. The summed E-state index contributed by atoms with van der Waals surface area (Å²) in [5.74, 6) is 2.49. The SMILES string of the molecule is COc1ccc(/C=C/C(=O)c2ccc3c(c2)OCCO3)cc1COc1ccc(Cl)cc1Br. The number of ether oxygens (including phenoxy) is 4. The molecule has 0 unspecified atom stereocenters. The Morgan fingerprint density at radius 1 is 1.03 bits per heavy atom. The molecule has 0 amide bonds. The zero-order valence-electron chi connectivity index (χ0n) is 17.3. The highest BCUT2D eigenvalue weighted by atomic mass is 79.9. The second-order valence-electron chi connectivity index (χ2n) is 6.99. The molecule has 1 aliphatic heterocycles. The predicted molar refractivity (Wildman–Crippen MR) is 127 cm³/mol. The Bertz CT molecular complexity index is 1170. The number of benzene rings is 3. The first-order valence-corrected chi connectivity index (χ1v) is 11.1. The van der Waals surface area contributed by atoms with Gasteiger partial charge in [-0.2, -0.15) is 0 Å². The van der Waals surface area contributed by atoms with Crippen LogP contribution in [-0.2, 0) is 6.61 Å². The molecule has 4 rings (SSSR count). The summed E-state index contributed by atoms with van der Waals surface area (Å²) in [5, 5.41) is 0.622. The van der Waals surface area contributed by atoms with Crippen LogP contribution in [0.25, 0.3) is 6.08 Å². The van der Waals surface area contributed by atoms with Crippen molar-refractivity contribution in [2.75, 3.05) is 20.3 Å². The highest BCUT2D eigenvalue weighted by Gasteiger charge is 2.14. The van der Waals surface area contributed by atoms with Crippen LogP contribution in [0.2, 0.25) is 5.02 Å². The first kappa shape index (κ1) is 22.2. The third kappa shape index (κ3) is 5.26. The molecule has 0 saturated heterocycles. The van der Waals surface area contributed by atoms with E-state index in [0.29, 0.717) is 53.4 Å². The quantitative estimate of drug-likeness (QED) is 0.271. The molecule has 0 aromatic heterocycles. The number of carbonyl (C=O) groups is 1. The van der Waals surface area contributed by atoms with Gasteiger partial charge in [-0.3, -0.25) is 4.79 Å². The average molecular weight is 516 g/mol. The van der Waals surface area contributed by atoms with Gasteiger partial charge in [0.15, 0.2) is 17.3 Å². The van der Waals surface area contributed by atoms with Crippen LogP contribution in [-0.4, -0.2) is 26.1 Å². The zero-order chi connectivity index (χ0) is 22.5. The molecule has 0 spiro atoms. The van der Waals surface area contributed by atoms with Crippen molar-refractivity contribution in [3.8, 4) is 23.0 Å². The molecule has 0 saturated carbocycles. The minimum Gasteiger partial charge on any atom is -0.496 e. The third-order valence-electron chi connectivity index (χ3n) is 4.84. The number of allylic oxidation sites excluding steroid dienone is 1. The molecule has 3 aromatic rings. The second-order valence-corrected chi connectivity index (χ2v) is 8.28. The third-order valence-corrected chi connectivity index (χ3v) is 5.69. The van der Waals surface area contributed by atoms with Gasteiger partial charge in [-0.1, -0.05) is 23.7 Å². The first-order valence-electron chi connectivity index (χ1n) is 9.90. The lowest BCUT2D eigenvalue weighted by Gasteiger charge is -2.18. The zero-order valence-corrected chi connectivity index (χ0v) is 19.6. The van der Waals surface area contributed by atoms with E-state index in [4.69, 9.17) is 30.5 Å². The number of ketones is 1. The van der Waals surface area contributed by atoms with Gasteiger partial charge >= 0.3 is 0 Å². The van der Waals surface area contributed by atoms with E-state index < -0.39 is 0 Å². The number of methoxy groups -OCH3 is 1. The average Bonchev–Trinajstić information content (AvgIpc) is 2.81. The van der Waals surface area contributed by atoms with Crippen LogP contribution in [0.3, 0.4) is 0 Å². The smallest absolute Gasteiger partial charge is 0.185 e. The molecule has 5 nitrogen and oxygen atoms in total. The molecule has 1 aliphatic rings. The van der Waals surface area contributed by atoms with Crippen LogP contribution in [0.15, 0.2) is 65.1 Å². The topological polar surface area (TPSA) is 54.0 Å². The molecule has 7 heteroatoms. The normalized spacial score (nSPS) is 12.6. The van der Waals surface area contributed by atoms with Gasteiger partial charge in [0.05, 0.1) is 11.6 Å². The highest BCUT2D eigenvalue weighted by molar-refractivity contribution is 9.10. The van der Waals surface area contributed by atoms with Crippen molar-refractivity contribution in [1.82, 2.24) is 0 Å². The molecule has 0 aliphatic carbocycles. The molecule has 0 bridgehead atoms. The van der Waals surface area contributed by atoms with Gasteiger partial charge < -0.3 is 18.9 Å². The molecular formula is C25H20BrClO5. The molecular weight excluding hydrogens is 496 g/mol. The van der Waals surface area contributed by atoms with E-state index in [9.17, 15) is 4.79 Å². The van der Waals surface area contributed by atoms with Crippen LogP contribution in [0.4, 0.5) is 0 Å². The van der Waals surface area contributed by atoms with Gasteiger partial charge in [0, 0.05) is 16.1 Å². The molecule has 3 aromatic carbocycles. The van der Waals surface area contributed by atoms with Crippen LogP contribution in [0.1, 0.15) is 21.5 Å². The predicted octanol–water partition coefficient (Wildman–Crippen LogP) is 6.36. The lowest BCUT2D eigenvalue weighted by molar-refractivity contribution is 0.104. The van der Waals surface area contributed by atoms with E-state index in [1.54, 1.807) is 49.6 Å². The molecule has 1 heterocycles. The number of hydrogen-bond acceptors (Lipinski definition) is 5. The summed E-state index contributed by atoms with van der Waals surface area (Å²) < 4.78 is 23.2. The minimum absolute atomic E-state index is 0.124. The monoisotopic (exact) mass is 514 g/mol. The van der Waals surface area contributed by atoms with E-state index in [1.807, 2.05) is 18.2 Å². The Kier molecular flexibility index (Phi) is 7.02. The highest BCUT2D eigenvalue weighted by Crippen LogP contribution is 2.32. The molecule has 0 fully saturated rings. The van der Waals surface area contributed by atoms with Gasteiger partial charge in [-0.05, 0) is 76.1 Å². The van der Waals surface area contributed by atoms with Crippen LogP contribution < -0.4 is 18.9 Å². The number of fused-ring (bicyclic) bond motifs is 1. The van der Waals surface area contributed by atoms with Crippen molar-refractivity contribution in [3.05, 3.63) is 86.9 Å². The van der Waals surface area contributed by atoms with E-state index in [0.717, 1.165) is 15.6 Å². The fourth-order valence-electron chi connectivity index (χ4n) is 3.23. The minimum atomic E-state index is -0.124. The maximum atomic E-state index is 12.6. The van der Waals surface area contributed by atoms with Crippen LogP contribution >= 0.6 is 27.5 Å². The number of rotatable bonds is 7. The van der Waals surface area contributed by atoms with Crippen molar-refractivity contribution in [3.63, 3.8) is 0 Å². The Labute approximate surface area is 199 Å². The summed E-state index contributed by atoms with van der Waals surface area (Å²) in [7, 11) is 1.61. The number of hydrogen-bond donors (Lipinski definition) is 0. The van der Waals surface area contributed by atoms with Crippen molar-refractivity contribution in [2.45, 2.75) is 6.61 Å². The Morgan fingerprint density at radius 2 is 1.81 bits per heavy atom. The second kappa shape index (κ2) is 10.1. The number of carbonyl (C=O) groups excluding carboxylic acids is 1. The standard InChI is InChI=1S/C25H20BrClO5/c1-29-22-7-3-16(12-18(22)15-32-23-9-5-19(27)14-20(23)26)2-6-21(28)17-4-8-24-25(13-17)31-11-10-30-24/h2-9,12-14H,10-11,15H2,1H3/b6-2+. The summed E-state index contributed by atoms with van der Waals surface area (Å²) in [6.07, 6.45) is 3.30. The Hall–Kier alpha value is -2.96. The number of halogens is 2. The summed E-state index contributed by atoms with van der Waals surface area (Å²) >= 11 is 9.44. The van der Waals surface area contributed by atoms with Gasteiger partial charge in [0.2, 0.25) is 0 Å². The first-order chi connectivity index (χ1) is 15.5. The lowest BCUT2D eigenvalue weighted by Crippen LogP contribution is -2.15. The molecule has 0 atom stereocenters. The fraction of sp³-hybridized carbons (Fsp3) is 0.160. The Balaban J connectivity index is 1.49. The summed E-state index contributed by atoms with van der Waals surface area (Å²) in [6.45, 7) is 1.28. The summed E-state index contributed by atoms with van der Waals surface area (Å²) in [6, 6.07) is 16.2.